The monoisotopic (exact) mass is 223 g/mol. The van der Waals surface area contributed by atoms with Crippen LogP contribution in [-0.4, -0.2) is 14.1 Å². The van der Waals surface area contributed by atoms with Gasteiger partial charge in [-0.1, -0.05) is 36.8 Å². The summed E-state index contributed by atoms with van der Waals surface area (Å²) in [6, 6.07) is 0. The third kappa shape index (κ3) is 3.06. The fraction of sp³-hybridized carbons (Fsp3) is 0.583. The van der Waals surface area contributed by atoms with Crippen molar-refractivity contribution >= 4 is 14.1 Å². The highest BCUT2D eigenvalue weighted by molar-refractivity contribution is 6.84. The van der Waals surface area contributed by atoms with Crippen LogP contribution < -0.4 is 4.98 Å². The molecule has 0 aromatic carbocycles. The van der Waals surface area contributed by atoms with E-state index in [9.17, 15) is 4.79 Å². The van der Waals surface area contributed by atoms with Gasteiger partial charge in [0.25, 0.3) is 0 Å². The summed E-state index contributed by atoms with van der Waals surface area (Å²) in [5.74, 6) is 0.255. The van der Waals surface area contributed by atoms with Crippen LogP contribution in [0.25, 0.3) is 0 Å². The highest BCUT2D eigenvalue weighted by atomic mass is 28.3. The number of carbonyl (C=O) groups excluding carboxylic acids is 1. The van der Waals surface area contributed by atoms with Crippen LogP contribution in [0.3, 0.4) is 0 Å². The molecule has 0 spiro atoms. The average Bonchev–Trinajstić information content (AvgIpc) is 2.51. The molecular weight excluding hydrogens is 202 g/mol. The van der Waals surface area contributed by atoms with Gasteiger partial charge in [0.2, 0.25) is 5.91 Å². The SMILES string of the molecule is CC1=CCC([Si](C)(C)NC(=O)C(C)C)=C1. The van der Waals surface area contributed by atoms with E-state index >= 15 is 0 Å². The highest BCUT2D eigenvalue weighted by Gasteiger charge is 2.30. The second-order valence-corrected chi connectivity index (χ2v) is 9.23. The molecule has 0 radical (unpaired) electrons. The van der Waals surface area contributed by atoms with Gasteiger partial charge in [0.1, 0.15) is 0 Å². The first-order chi connectivity index (χ1) is 6.83. The lowest BCUT2D eigenvalue weighted by molar-refractivity contribution is -0.122. The maximum atomic E-state index is 11.7. The molecule has 1 amide bonds. The Balaban J connectivity index is 2.68. The topological polar surface area (TPSA) is 29.1 Å². The number of allylic oxidation sites excluding steroid dienone is 4. The second-order valence-electron chi connectivity index (χ2n) is 5.09. The largest absolute Gasteiger partial charge is 0.378 e. The molecule has 1 N–H and O–H groups in total. The third-order valence-electron chi connectivity index (χ3n) is 2.81. The Labute approximate surface area is 93.5 Å². The zero-order chi connectivity index (χ0) is 11.6. The first-order valence-electron chi connectivity index (χ1n) is 5.53. The Morgan fingerprint density at radius 1 is 1.47 bits per heavy atom. The van der Waals surface area contributed by atoms with Crippen molar-refractivity contribution in [2.24, 2.45) is 5.92 Å². The van der Waals surface area contributed by atoms with Crippen molar-refractivity contribution in [3.8, 4) is 0 Å². The number of rotatable bonds is 3. The molecule has 0 saturated heterocycles. The molecule has 2 nitrogen and oxygen atoms in total. The molecule has 0 aromatic heterocycles. The first-order valence-corrected chi connectivity index (χ1v) is 8.53. The van der Waals surface area contributed by atoms with Gasteiger partial charge in [-0.15, -0.1) is 0 Å². The number of hydrogen-bond acceptors (Lipinski definition) is 1. The molecule has 0 heterocycles. The van der Waals surface area contributed by atoms with Gasteiger partial charge in [-0.2, -0.15) is 0 Å². The Morgan fingerprint density at radius 3 is 2.47 bits per heavy atom. The van der Waals surface area contributed by atoms with E-state index in [1.807, 2.05) is 13.8 Å². The van der Waals surface area contributed by atoms with Crippen LogP contribution in [-0.2, 0) is 4.79 Å². The molecule has 1 aliphatic carbocycles. The van der Waals surface area contributed by atoms with Crippen molar-refractivity contribution in [3.63, 3.8) is 0 Å². The summed E-state index contributed by atoms with van der Waals surface area (Å²) in [5.41, 5.74) is 1.32. The number of amides is 1. The summed E-state index contributed by atoms with van der Waals surface area (Å²) in [6.07, 6.45) is 5.47. The molecule has 15 heavy (non-hydrogen) atoms. The van der Waals surface area contributed by atoms with Gasteiger partial charge in [0.05, 0.1) is 0 Å². The van der Waals surface area contributed by atoms with Gasteiger partial charge in [-0.05, 0) is 26.4 Å². The van der Waals surface area contributed by atoms with Gasteiger partial charge in [0.15, 0.2) is 8.24 Å². The Bertz CT molecular complexity index is 327. The molecule has 0 bridgehead atoms. The maximum absolute atomic E-state index is 11.7. The van der Waals surface area contributed by atoms with E-state index in [0.29, 0.717) is 0 Å². The van der Waals surface area contributed by atoms with Gasteiger partial charge in [0, 0.05) is 5.92 Å². The molecule has 0 atom stereocenters. The summed E-state index contributed by atoms with van der Waals surface area (Å²) >= 11 is 0. The molecule has 0 aromatic rings. The van der Waals surface area contributed by atoms with Crippen molar-refractivity contribution in [2.45, 2.75) is 40.3 Å². The molecular formula is C12H21NOSi. The summed E-state index contributed by atoms with van der Waals surface area (Å²) in [7, 11) is -1.73. The first kappa shape index (κ1) is 12.2. The normalized spacial score (nSPS) is 16.4. The summed E-state index contributed by atoms with van der Waals surface area (Å²) < 4.78 is 0. The lowest BCUT2D eigenvalue weighted by atomic mass is 10.2. The number of nitrogens with one attached hydrogen (secondary N) is 1. The molecule has 0 saturated carbocycles. The lowest BCUT2D eigenvalue weighted by Gasteiger charge is -2.26. The zero-order valence-electron chi connectivity index (χ0n) is 10.3. The summed E-state index contributed by atoms with van der Waals surface area (Å²) in [5, 5.41) is 1.43. The van der Waals surface area contributed by atoms with Crippen LogP contribution in [0, 0.1) is 5.92 Å². The van der Waals surface area contributed by atoms with Gasteiger partial charge >= 0.3 is 0 Å². The zero-order valence-corrected chi connectivity index (χ0v) is 11.3. The van der Waals surface area contributed by atoms with Crippen molar-refractivity contribution in [2.75, 3.05) is 0 Å². The number of hydrogen-bond donors (Lipinski definition) is 1. The minimum Gasteiger partial charge on any atom is -0.378 e. The molecule has 0 fully saturated rings. The predicted octanol–water partition coefficient (Wildman–Crippen LogP) is 2.78. The predicted molar refractivity (Wildman–Crippen MR) is 66.9 cm³/mol. The van der Waals surface area contributed by atoms with Crippen molar-refractivity contribution in [1.29, 1.82) is 0 Å². The standard InChI is InChI=1S/C12H21NOSi/c1-9(2)12(14)13-15(4,5)11-7-6-10(3)8-11/h6,8-9H,7H2,1-5H3,(H,13,14). The van der Waals surface area contributed by atoms with E-state index < -0.39 is 8.24 Å². The van der Waals surface area contributed by atoms with Crippen LogP contribution >= 0.6 is 0 Å². The fourth-order valence-corrected chi connectivity index (χ4v) is 3.90. The van der Waals surface area contributed by atoms with E-state index in [4.69, 9.17) is 0 Å². The van der Waals surface area contributed by atoms with Gasteiger partial charge in [-0.25, -0.2) is 0 Å². The van der Waals surface area contributed by atoms with Crippen LogP contribution in [0.1, 0.15) is 27.2 Å². The molecule has 3 heteroatoms. The minimum absolute atomic E-state index is 0.0767. The molecule has 84 valence electrons. The highest BCUT2D eigenvalue weighted by Crippen LogP contribution is 2.24. The van der Waals surface area contributed by atoms with Crippen LogP contribution in [0.2, 0.25) is 13.1 Å². The van der Waals surface area contributed by atoms with Gasteiger partial charge in [-0.3, -0.25) is 4.79 Å². The Morgan fingerprint density at radius 2 is 2.07 bits per heavy atom. The van der Waals surface area contributed by atoms with Crippen LogP contribution in [0.5, 0.6) is 0 Å². The second kappa shape index (κ2) is 4.35. The van der Waals surface area contributed by atoms with E-state index in [1.165, 1.54) is 10.8 Å². The third-order valence-corrected chi connectivity index (χ3v) is 5.63. The van der Waals surface area contributed by atoms with Crippen molar-refractivity contribution < 1.29 is 4.79 Å². The minimum atomic E-state index is -1.73. The quantitative estimate of drug-likeness (QED) is 0.732. The van der Waals surface area contributed by atoms with E-state index in [0.717, 1.165) is 6.42 Å². The molecule has 1 rings (SSSR count). The van der Waals surface area contributed by atoms with Crippen LogP contribution in [0.15, 0.2) is 22.9 Å². The lowest BCUT2D eigenvalue weighted by Crippen LogP contribution is -2.51. The summed E-state index contributed by atoms with van der Waals surface area (Å²) in [6.45, 7) is 10.4. The maximum Gasteiger partial charge on any atom is 0.215 e. The van der Waals surface area contributed by atoms with E-state index in [2.05, 4.69) is 37.2 Å². The Kier molecular flexibility index (Phi) is 3.55. The Hall–Kier alpha value is -0.833. The molecule has 0 unspecified atom stereocenters. The molecule has 0 aliphatic heterocycles. The smallest absolute Gasteiger partial charge is 0.215 e. The van der Waals surface area contributed by atoms with E-state index in [1.54, 1.807) is 0 Å². The van der Waals surface area contributed by atoms with Crippen molar-refractivity contribution in [1.82, 2.24) is 4.98 Å². The van der Waals surface area contributed by atoms with Crippen molar-refractivity contribution in [3.05, 3.63) is 22.9 Å². The van der Waals surface area contributed by atoms with Gasteiger partial charge < -0.3 is 4.98 Å². The fourth-order valence-electron chi connectivity index (χ4n) is 1.63. The van der Waals surface area contributed by atoms with E-state index in [-0.39, 0.29) is 11.8 Å². The molecule has 1 aliphatic rings. The number of carbonyl (C=O) groups is 1. The average molecular weight is 223 g/mol. The van der Waals surface area contributed by atoms with Crippen LogP contribution in [0.4, 0.5) is 0 Å². The summed E-state index contributed by atoms with van der Waals surface area (Å²) in [4.78, 5) is 14.9.